The third kappa shape index (κ3) is 3.32. The highest BCUT2D eigenvalue weighted by Crippen LogP contribution is 2.28. The van der Waals surface area contributed by atoms with E-state index in [1.54, 1.807) is 0 Å². The van der Waals surface area contributed by atoms with E-state index in [1.165, 1.54) is 0 Å². The van der Waals surface area contributed by atoms with E-state index in [2.05, 4.69) is 32.4 Å². The maximum atomic E-state index is 5.78. The molecule has 2 aromatic heterocycles. The van der Waals surface area contributed by atoms with Gasteiger partial charge in [-0.15, -0.1) is 0 Å². The monoisotopic (exact) mass is 325 g/mol. The lowest BCUT2D eigenvalue weighted by Gasteiger charge is -2.10. The highest BCUT2D eigenvalue weighted by atomic mass is 16.5. The van der Waals surface area contributed by atoms with E-state index >= 15 is 0 Å². The molecule has 6 heteroatoms. The molecule has 3 rings (SSSR count). The maximum Gasteiger partial charge on any atom is 0.182 e. The fourth-order valence-electron chi connectivity index (χ4n) is 2.49. The van der Waals surface area contributed by atoms with Gasteiger partial charge in [-0.25, -0.2) is 9.97 Å². The average Bonchev–Trinajstić information content (AvgIpc) is 2.97. The van der Waals surface area contributed by atoms with Crippen LogP contribution in [0.1, 0.15) is 32.8 Å². The number of H-pyrrole nitrogens is 1. The quantitative estimate of drug-likeness (QED) is 0.718. The molecule has 0 aliphatic heterocycles. The summed E-state index contributed by atoms with van der Waals surface area (Å²) in [6.07, 6.45) is 2.99. The van der Waals surface area contributed by atoms with Crippen LogP contribution in [0.2, 0.25) is 0 Å². The Balaban J connectivity index is 2.02. The predicted octanol–water partition coefficient (Wildman–Crippen LogP) is 3.94. The predicted molar refractivity (Wildman–Crippen MR) is 96.4 cm³/mol. The molecule has 6 nitrogen and oxygen atoms in total. The molecular weight excluding hydrogens is 302 g/mol. The minimum Gasteiger partial charge on any atom is -0.491 e. The molecule has 0 saturated heterocycles. The summed E-state index contributed by atoms with van der Waals surface area (Å²) in [5.74, 6) is 2.27. The van der Waals surface area contributed by atoms with Crippen LogP contribution >= 0.6 is 0 Å². The molecule has 0 atom stereocenters. The number of nitrogens with zero attached hydrogens (tertiary/aromatic N) is 3. The molecule has 0 fully saturated rings. The first-order chi connectivity index (χ1) is 11.6. The molecule has 1 aromatic carbocycles. The molecule has 0 spiro atoms. The highest BCUT2D eigenvalue weighted by Gasteiger charge is 2.14. The lowest BCUT2D eigenvalue weighted by molar-refractivity contribution is 0.243. The topological polar surface area (TPSA) is 75.7 Å². The van der Waals surface area contributed by atoms with E-state index < -0.39 is 0 Å². The summed E-state index contributed by atoms with van der Waals surface area (Å²) >= 11 is 0. The van der Waals surface area contributed by atoms with Crippen LogP contribution in [0.25, 0.3) is 22.4 Å². The number of hydrogen-bond acceptors (Lipinski definition) is 5. The second kappa shape index (κ2) is 6.86. The van der Waals surface area contributed by atoms with E-state index in [0.717, 1.165) is 46.7 Å². The average molecular weight is 325 g/mol. The molecule has 3 aromatic rings. The normalized spacial score (nSPS) is 11.2. The fraction of sp³-hybridized carbons (Fsp3) is 0.389. The van der Waals surface area contributed by atoms with Crippen LogP contribution < -0.4 is 10.1 Å². The number of fused-ring (bicyclic) bond motifs is 1. The Hall–Kier alpha value is -2.63. The van der Waals surface area contributed by atoms with Crippen molar-refractivity contribution in [2.24, 2.45) is 0 Å². The number of anilines is 1. The molecule has 2 heterocycles. The van der Waals surface area contributed by atoms with Crippen molar-refractivity contribution >= 4 is 16.7 Å². The van der Waals surface area contributed by atoms with Crippen LogP contribution in [-0.4, -0.2) is 32.8 Å². The van der Waals surface area contributed by atoms with Crippen molar-refractivity contribution in [2.45, 2.75) is 40.2 Å². The van der Waals surface area contributed by atoms with Crippen LogP contribution in [0, 0.1) is 6.92 Å². The molecule has 126 valence electrons. The summed E-state index contributed by atoms with van der Waals surface area (Å²) in [6.45, 7) is 9.02. The molecule has 0 aliphatic carbocycles. The zero-order valence-corrected chi connectivity index (χ0v) is 14.6. The second-order valence-corrected chi connectivity index (χ2v) is 6.10. The van der Waals surface area contributed by atoms with Gasteiger partial charge in [0.1, 0.15) is 17.3 Å². The largest absolute Gasteiger partial charge is 0.491 e. The van der Waals surface area contributed by atoms with Gasteiger partial charge in [0, 0.05) is 23.7 Å². The van der Waals surface area contributed by atoms with Crippen LogP contribution in [0.4, 0.5) is 5.82 Å². The molecule has 0 unspecified atom stereocenters. The van der Waals surface area contributed by atoms with Gasteiger partial charge in [0.25, 0.3) is 0 Å². The molecule has 0 amide bonds. The highest BCUT2D eigenvalue weighted by molar-refractivity contribution is 5.92. The van der Waals surface area contributed by atoms with Crippen molar-refractivity contribution in [3.05, 3.63) is 30.0 Å². The number of nitrogens with one attached hydrogen (secondary N) is 2. The zero-order chi connectivity index (χ0) is 17.1. The second-order valence-electron chi connectivity index (χ2n) is 6.10. The van der Waals surface area contributed by atoms with Gasteiger partial charge in [0.15, 0.2) is 5.82 Å². The Morgan fingerprint density at radius 1 is 1.29 bits per heavy atom. The Kier molecular flexibility index (Phi) is 4.64. The van der Waals surface area contributed by atoms with Gasteiger partial charge < -0.3 is 10.1 Å². The summed E-state index contributed by atoms with van der Waals surface area (Å²) in [5, 5.41) is 11.7. The van der Waals surface area contributed by atoms with Gasteiger partial charge in [-0.1, -0.05) is 6.92 Å². The van der Waals surface area contributed by atoms with E-state index in [1.807, 2.05) is 45.2 Å². The Morgan fingerprint density at radius 2 is 2.12 bits per heavy atom. The van der Waals surface area contributed by atoms with E-state index in [4.69, 9.17) is 4.74 Å². The molecule has 0 saturated carbocycles. The smallest absolute Gasteiger partial charge is 0.182 e. The van der Waals surface area contributed by atoms with Crippen LogP contribution in [0.3, 0.4) is 0 Å². The molecule has 0 aliphatic rings. The summed E-state index contributed by atoms with van der Waals surface area (Å²) in [5.41, 5.74) is 2.70. The fourth-order valence-corrected chi connectivity index (χ4v) is 2.49. The van der Waals surface area contributed by atoms with Crippen molar-refractivity contribution in [3.8, 4) is 17.3 Å². The molecule has 24 heavy (non-hydrogen) atoms. The summed E-state index contributed by atoms with van der Waals surface area (Å²) in [6, 6.07) is 5.89. The maximum absolute atomic E-state index is 5.78. The minimum atomic E-state index is 0.123. The number of rotatable bonds is 6. The zero-order valence-electron chi connectivity index (χ0n) is 14.6. The van der Waals surface area contributed by atoms with E-state index in [-0.39, 0.29) is 6.10 Å². The van der Waals surface area contributed by atoms with Crippen LogP contribution in [-0.2, 0) is 0 Å². The molecule has 0 radical (unpaired) electrons. The number of aryl methyl sites for hydroxylation is 1. The van der Waals surface area contributed by atoms with Gasteiger partial charge in [-0.05, 0) is 45.4 Å². The number of aromatic amines is 1. The third-order valence-electron chi connectivity index (χ3n) is 3.63. The van der Waals surface area contributed by atoms with Crippen LogP contribution in [0.15, 0.2) is 24.4 Å². The Morgan fingerprint density at radius 3 is 2.88 bits per heavy atom. The van der Waals surface area contributed by atoms with Crippen molar-refractivity contribution in [3.63, 3.8) is 0 Å². The third-order valence-corrected chi connectivity index (χ3v) is 3.63. The SMILES string of the molecule is CCCNc1nc(-c2n[nH]c3ccc(OC(C)C)cc23)ncc1C. The minimum absolute atomic E-state index is 0.123. The van der Waals surface area contributed by atoms with Gasteiger partial charge >= 0.3 is 0 Å². The first kappa shape index (κ1) is 16.2. The van der Waals surface area contributed by atoms with E-state index in [9.17, 15) is 0 Å². The van der Waals surface area contributed by atoms with Crippen molar-refractivity contribution in [1.29, 1.82) is 0 Å². The van der Waals surface area contributed by atoms with Gasteiger partial charge in [-0.3, -0.25) is 5.10 Å². The Bertz CT molecular complexity index is 841. The van der Waals surface area contributed by atoms with Crippen molar-refractivity contribution < 1.29 is 4.74 Å². The van der Waals surface area contributed by atoms with Crippen molar-refractivity contribution in [2.75, 3.05) is 11.9 Å². The first-order valence-electron chi connectivity index (χ1n) is 8.31. The van der Waals surface area contributed by atoms with E-state index in [0.29, 0.717) is 5.82 Å². The van der Waals surface area contributed by atoms with Crippen molar-refractivity contribution in [1.82, 2.24) is 20.2 Å². The standard InChI is InChI=1S/C18H23N5O/c1-5-8-19-17-12(4)10-20-18(21-17)16-14-9-13(24-11(2)3)6-7-15(14)22-23-16/h6-7,9-11H,5,8H2,1-4H3,(H,22,23)(H,19,20,21). The van der Waals surface area contributed by atoms with Gasteiger partial charge in [-0.2, -0.15) is 5.10 Å². The number of ether oxygens (including phenoxy) is 1. The summed E-state index contributed by atoms with van der Waals surface area (Å²) in [7, 11) is 0. The molecule has 2 N–H and O–H groups in total. The lowest BCUT2D eigenvalue weighted by atomic mass is 10.2. The van der Waals surface area contributed by atoms with Gasteiger partial charge in [0.2, 0.25) is 0 Å². The summed E-state index contributed by atoms with van der Waals surface area (Å²) in [4.78, 5) is 9.10. The molecular formula is C18H23N5O. The summed E-state index contributed by atoms with van der Waals surface area (Å²) < 4.78 is 5.78. The number of benzene rings is 1. The number of aromatic nitrogens is 4. The first-order valence-corrected chi connectivity index (χ1v) is 8.31. The van der Waals surface area contributed by atoms with Gasteiger partial charge in [0.05, 0.1) is 11.6 Å². The van der Waals surface area contributed by atoms with Crippen LogP contribution in [0.5, 0.6) is 5.75 Å². The Labute approximate surface area is 141 Å². The lowest BCUT2D eigenvalue weighted by Crippen LogP contribution is -2.06. The molecule has 0 bridgehead atoms. The number of hydrogen-bond donors (Lipinski definition) is 2.